The first-order valence-corrected chi connectivity index (χ1v) is 9.57. The molecule has 29 heavy (non-hydrogen) atoms. The molecule has 1 atom stereocenters. The van der Waals surface area contributed by atoms with Crippen LogP contribution in [-0.4, -0.2) is 40.8 Å². The Hall–Kier alpha value is -2.93. The summed E-state index contributed by atoms with van der Waals surface area (Å²) in [5, 5.41) is 26.4. The lowest BCUT2D eigenvalue weighted by atomic mass is 10.1. The molecular weight excluding hydrogens is 390 g/mol. The van der Waals surface area contributed by atoms with Crippen molar-refractivity contribution in [1.29, 1.82) is 0 Å². The van der Waals surface area contributed by atoms with Crippen LogP contribution >= 0.6 is 11.6 Å². The van der Waals surface area contributed by atoms with Crippen molar-refractivity contribution in [3.63, 3.8) is 0 Å². The number of nitrogens with zero attached hydrogens (tertiary/aromatic N) is 1. The maximum atomic E-state index is 11.1. The molecule has 0 aliphatic carbocycles. The Morgan fingerprint density at radius 3 is 2.66 bits per heavy atom. The van der Waals surface area contributed by atoms with E-state index in [0.29, 0.717) is 24.7 Å². The van der Waals surface area contributed by atoms with Crippen molar-refractivity contribution in [3.05, 3.63) is 83.1 Å². The van der Waals surface area contributed by atoms with E-state index in [0.717, 1.165) is 22.4 Å². The summed E-state index contributed by atoms with van der Waals surface area (Å²) in [4.78, 5) is 15.1. The molecule has 1 unspecified atom stereocenters. The number of aromatic nitrogens is 1. The topological polar surface area (TPSA) is 94.5 Å². The van der Waals surface area contributed by atoms with E-state index in [9.17, 15) is 9.90 Å². The fraction of sp³-hybridized carbons (Fsp3) is 0.182. The predicted octanol–water partition coefficient (Wildman–Crippen LogP) is 3.84. The van der Waals surface area contributed by atoms with Gasteiger partial charge in [0, 0.05) is 48.3 Å². The van der Waals surface area contributed by atoms with Crippen LogP contribution in [-0.2, 0) is 0 Å². The van der Waals surface area contributed by atoms with Crippen LogP contribution in [0.3, 0.4) is 0 Å². The predicted molar refractivity (Wildman–Crippen MR) is 114 cm³/mol. The molecule has 4 N–H and O–H groups in total. The molecule has 0 spiro atoms. The Labute approximate surface area is 174 Å². The second kappa shape index (κ2) is 10.0. The van der Waals surface area contributed by atoms with Crippen molar-refractivity contribution in [2.45, 2.75) is 6.10 Å². The third kappa shape index (κ3) is 6.02. The number of rotatable bonds is 9. The van der Waals surface area contributed by atoms with E-state index < -0.39 is 12.1 Å². The monoisotopic (exact) mass is 411 g/mol. The number of aliphatic hydroxyl groups is 1. The molecule has 3 rings (SSSR count). The zero-order valence-corrected chi connectivity index (χ0v) is 16.4. The van der Waals surface area contributed by atoms with Gasteiger partial charge in [0.05, 0.1) is 11.7 Å². The summed E-state index contributed by atoms with van der Waals surface area (Å²) >= 11 is 5.95. The fourth-order valence-corrected chi connectivity index (χ4v) is 3.09. The van der Waals surface area contributed by atoms with Gasteiger partial charge >= 0.3 is 5.97 Å². The van der Waals surface area contributed by atoms with Crippen molar-refractivity contribution < 1.29 is 15.0 Å². The number of pyridine rings is 1. The van der Waals surface area contributed by atoms with Gasteiger partial charge < -0.3 is 20.8 Å². The van der Waals surface area contributed by atoms with Crippen LogP contribution in [0.1, 0.15) is 22.0 Å². The van der Waals surface area contributed by atoms with Gasteiger partial charge in [-0.2, -0.15) is 0 Å². The van der Waals surface area contributed by atoms with E-state index in [2.05, 4.69) is 15.6 Å². The number of aromatic carboxylic acids is 1. The lowest BCUT2D eigenvalue weighted by molar-refractivity contribution is 0.0696. The van der Waals surface area contributed by atoms with Gasteiger partial charge in [0.15, 0.2) is 0 Å². The van der Waals surface area contributed by atoms with Crippen molar-refractivity contribution in [3.8, 4) is 11.1 Å². The van der Waals surface area contributed by atoms with E-state index in [-0.39, 0.29) is 5.56 Å². The molecule has 0 amide bonds. The fourth-order valence-electron chi connectivity index (χ4n) is 2.89. The van der Waals surface area contributed by atoms with E-state index in [4.69, 9.17) is 16.7 Å². The summed E-state index contributed by atoms with van der Waals surface area (Å²) in [5.74, 6) is -1.00. The highest BCUT2D eigenvalue weighted by molar-refractivity contribution is 6.30. The van der Waals surface area contributed by atoms with Crippen LogP contribution < -0.4 is 10.6 Å². The Morgan fingerprint density at radius 1 is 1.03 bits per heavy atom. The molecule has 0 bridgehead atoms. The minimum absolute atomic E-state index is 0.156. The first-order valence-electron chi connectivity index (χ1n) is 9.20. The van der Waals surface area contributed by atoms with E-state index >= 15 is 0 Å². The van der Waals surface area contributed by atoms with Crippen LogP contribution in [0.2, 0.25) is 5.02 Å². The van der Waals surface area contributed by atoms with Crippen LogP contribution in [0.4, 0.5) is 5.69 Å². The number of hydrogen-bond donors (Lipinski definition) is 4. The minimum Gasteiger partial charge on any atom is -0.478 e. The van der Waals surface area contributed by atoms with Gasteiger partial charge in [0.25, 0.3) is 0 Å². The smallest absolute Gasteiger partial charge is 0.337 e. The van der Waals surface area contributed by atoms with Crippen LogP contribution in [0.15, 0.2) is 67.0 Å². The second-order valence-corrected chi connectivity index (χ2v) is 6.99. The minimum atomic E-state index is -1.00. The van der Waals surface area contributed by atoms with E-state index in [1.54, 1.807) is 24.4 Å². The molecule has 0 aliphatic rings. The molecule has 6 nitrogen and oxygen atoms in total. The number of benzene rings is 2. The second-order valence-electron chi connectivity index (χ2n) is 6.55. The first-order chi connectivity index (χ1) is 14.0. The normalized spacial score (nSPS) is 11.8. The lowest BCUT2D eigenvalue weighted by Gasteiger charge is -2.13. The zero-order chi connectivity index (χ0) is 20.6. The van der Waals surface area contributed by atoms with Crippen molar-refractivity contribution in [2.75, 3.05) is 25.0 Å². The van der Waals surface area contributed by atoms with Crippen molar-refractivity contribution in [2.24, 2.45) is 0 Å². The van der Waals surface area contributed by atoms with Gasteiger partial charge in [-0.25, -0.2) is 4.79 Å². The lowest BCUT2D eigenvalue weighted by Crippen LogP contribution is -2.26. The summed E-state index contributed by atoms with van der Waals surface area (Å²) < 4.78 is 0. The highest BCUT2D eigenvalue weighted by Crippen LogP contribution is 2.23. The molecule has 150 valence electrons. The average Bonchev–Trinajstić information content (AvgIpc) is 2.73. The first kappa shape index (κ1) is 20.8. The van der Waals surface area contributed by atoms with E-state index in [1.807, 2.05) is 36.4 Å². The van der Waals surface area contributed by atoms with Gasteiger partial charge in [0.1, 0.15) is 0 Å². The molecule has 2 aromatic carbocycles. The molecule has 0 aliphatic heterocycles. The standard InChI is InChI=1S/C22H22ClN3O3/c23-19-5-1-4-16(10-19)21(27)14-24-7-8-26-20-6-2-3-15(11-20)17-9-18(22(28)29)13-25-12-17/h1-6,9-13,21,24,26-27H,7-8,14H2,(H,28,29). The molecule has 3 aromatic rings. The summed E-state index contributed by atoms with van der Waals surface area (Å²) in [6, 6.07) is 16.5. The van der Waals surface area contributed by atoms with Crippen molar-refractivity contribution >= 4 is 23.3 Å². The number of carboxylic acids is 1. The number of nitrogens with one attached hydrogen (secondary N) is 2. The molecule has 0 saturated heterocycles. The Balaban J connectivity index is 1.50. The summed E-state index contributed by atoms with van der Waals surface area (Å²) in [5.41, 5.74) is 3.48. The number of carbonyl (C=O) groups is 1. The van der Waals surface area contributed by atoms with Crippen LogP contribution in [0.5, 0.6) is 0 Å². The molecule has 7 heteroatoms. The SMILES string of the molecule is O=C(O)c1cncc(-c2cccc(NCCNCC(O)c3cccc(Cl)c3)c2)c1. The van der Waals surface area contributed by atoms with Gasteiger partial charge in [-0.3, -0.25) is 4.98 Å². The molecule has 0 radical (unpaired) electrons. The van der Waals surface area contributed by atoms with Gasteiger partial charge in [-0.1, -0.05) is 35.9 Å². The quantitative estimate of drug-likeness (QED) is 0.400. The third-order valence-electron chi connectivity index (χ3n) is 4.38. The molecule has 1 heterocycles. The molecule has 0 fully saturated rings. The number of aliphatic hydroxyl groups excluding tert-OH is 1. The highest BCUT2D eigenvalue weighted by Gasteiger charge is 2.08. The molecule has 0 saturated carbocycles. The van der Waals surface area contributed by atoms with Crippen LogP contribution in [0, 0.1) is 0 Å². The Kier molecular flexibility index (Phi) is 7.19. The summed E-state index contributed by atoms with van der Waals surface area (Å²) in [6.45, 7) is 1.76. The summed E-state index contributed by atoms with van der Waals surface area (Å²) in [7, 11) is 0. The van der Waals surface area contributed by atoms with Gasteiger partial charge in [-0.05, 0) is 41.5 Å². The van der Waals surface area contributed by atoms with Gasteiger partial charge in [-0.15, -0.1) is 0 Å². The van der Waals surface area contributed by atoms with Crippen molar-refractivity contribution in [1.82, 2.24) is 10.3 Å². The molecule has 1 aromatic heterocycles. The number of carboxylic acid groups (broad SMARTS) is 1. The summed E-state index contributed by atoms with van der Waals surface area (Å²) in [6.07, 6.45) is 2.35. The highest BCUT2D eigenvalue weighted by atomic mass is 35.5. The van der Waals surface area contributed by atoms with E-state index in [1.165, 1.54) is 6.20 Å². The third-order valence-corrected chi connectivity index (χ3v) is 4.62. The Bertz CT molecular complexity index is 981. The average molecular weight is 412 g/mol. The van der Waals surface area contributed by atoms with Gasteiger partial charge in [0.2, 0.25) is 0 Å². The zero-order valence-electron chi connectivity index (χ0n) is 15.7. The molecular formula is C22H22ClN3O3. The number of hydrogen-bond acceptors (Lipinski definition) is 5. The van der Waals surface area contributed by atoms with Crippen LogP contribution in [0.25, 0.3) is 11.1 Å². The number of anilines is 1. The largest absolute Gasteiger partial charge is 0.478 e. The maximum absolute atomic E-state index is 11.1. The maximum Gasteiger partial charge on any atom is 0.337 e. The number of halogens is 1. The Morgan fingerprint density at radius 2 is 1.86 bits per heavy atom.